The Kier molecular flexibility index (Phi) is 4.70. The first-order chi connectivity index (χ1) is 9.31. The van der Waals surface area contributed by atoms with E-state index in [0.29, 0.717) is 0 Å². The van der Waals surface area contributed by atoms with Gasteiger partial charge < -0.3 is 4.43 Å². The lowest BCUT2D eigenvalue weighted by Crippen LogP contribution is -2.16. The quantitative estimate of drug-likeness (QED) is 0.614. The van der Waals surface area contributed by atoms with E-state index in [1.807, 2.05) is 60.7 Å². The molecule has 2 rings (SSSR count). The van der Waals surface area contributed by atoms with Gasteiger partial charge in [-0.25, -0.2) is 4.79 Å². The van der Waals surface area contributed by atoms with Crippen LogP contribution >= 0.6 is 0 Å². The summed E-state index contributed by atoms with van der Waals surface area (Å²) in [5.74, 6) is -0.379. The van der Waals surface area contributed by atoms with Crippen LogP contribution < -0.4 is 0 Å². The standard InChI is InChI=1S/C16H14O2Si/c1-2-15(17)18-19-16(13-9-5-3-6-10-13)14-11-7-4-8-12-14/h2-12,16H,1H2. The van der Waals surface area contributed by atoms with E-state index in [0.717, 1.165) is 11.1 Å². The first-order valence-corrected chi connectivity index (χ1v) is 6.98. The Labute approximate surface area is 115 Å². The SMILES string of the molecule is C=CC(=O)O[Si]C(c1ccccc1)c1ccccc1. The molecule has 3 heteroatoms. The summed E-state index contributed by atoms with van der Waals surface area (Å²) in [6.07, 6.45) is 1.19. The van der Waals surface area contributed by atoms with Gasteiger partial charge in [-0.2, -0.15) is 0 Å². The van der Waals surface area contributed by atoms with Crippen LogP contribution in [0.2, 0.25) is 0 Å². The maximum absolute atomic E-state index is 11.2. The Balaban J connectivity index is 2.24. The second kappa shape index (κ2) is 6.71. The summed E-state index contributed by atoms with van der Waals surface area (Å²) in [6, 6.07) is 20.1. The second-order valence-corrected chi connectivity index (χ2v) is 5.01. The smallest absolute Gasteiger partial charge is 0.328 e. The molecule has 2 aromatic rings. The highest BCUT2D eigenvalue weighted by Gasteiger charge is 2.18. The van der Waals surface area contributed by atoms with Crippen molar-refractivity contribution in [2.24, 2.45) is 0 Å². The number of benzene rings is 2. The second-order valence-electron chi connectivity index (χ2n) is 4.00. The molecule has 0 saturated carbocycles. The lowest BCUT2D eigenvalue weighted by Gasteiger charge is -2.15. The molecule has 0 fully saturated rings. The van der Waals surface area contributed by atoms with Gasteiger partial charge in [0.1, 0.15) is 0 Å². The van der Waals surface area contributed by atoms with Gasteiger partial charge >= 0.3 is 15.7 Å². The van der Waals surface area contributed by atoms with Crippen LogP contribution in [0.4, 0.5) is 0 Å². The molecule has 2 radical (unpaired) electrons. The number of carbonyl (C=O) groups excluding carboxylic acids is 1. The monoisotopic (exact) mass is 266 g/mol. The minimum absolute atomic E-state index is 0.0446. The molecule has 2 nitrogen and oxygen atoms in total. The lowest BCUT2D eigenvalue weighted by molar-refractivity contribution is -0.129. The summed E-state index contributed by atoms with van der Waals surface area (Å²) < 4.78 is 5.23. The van der Waals surface area contributed by atoms with Crippen molar-refractivity contribution in [1.29, 1.82) is 0 Å². The molecule has 0 spiro atoms. The molecule has 0 atom stereocenters. The highest BCUT2D eigenvalue weighted by molar-refractivity contribution is 6.34. The fraction of sp³-hybridized carbons (Fsp3) is 0.0625. The first kappa shape index (κ1) is 13.3. The van der Waals surface area contributed by atoms with E-state index in [9.17, 15) is 4.79 Å². The van der Waals surface area contributed by atoms with E-state index >= 15 is 0 Å². The molecular weight excluding hydrogens is 252 g/mol. The summed E-state index contributed by atoms with van der Waals surface area (Å²) in [7, 11) is 0.0446. The first-order valence-electron chi connectivity index (χ1n) is 6.00. The molecule has 0 unspecified atom stereocenters. The van der Waals surface area contributed by atoms with E-state index in [4.69, 9.17) is 4.43 Å². The normalized spacial score (nSPS) is 10.2. The Morgan fingerprint density at radius 1 is 1.00 bits per heavy atom. The van der Waals surface area contributed by atoms with E-state index in [2.05, 4.69) is 6.58 Å². The van der Waals surface area contributed by atoms with Crippen molar-refractivity contribution in [3.05, 3.63) is 84.4 Å². The summed E-state index contributed by atoms with van der Waals surface area (Å²) in [6.45, 7) is 3.41. The van der Waals surface area contributed by atoms with Crippen molar-refractivity contribution < 1.29 is 9.22 Å². The molecule has 0 bridgehead atoms. The van der Waals surface area contributed by atoms with Crippen LogP contribution in [-0.4, -0.2) is 15.7 Å². The number of carbonyl (C=O) groups is 1. The maximum Gasteiger partial charge on any atom is 0.328 e. The van der Waals surface area contributed by atoms with E-state index in [1.54, 1.807) is 0 Å². The van der Waals surface area contributed by atoms with Gasteiger partial charge in [-0.15, -0.1) is 0 Å². The zero-order valence-corrected chi connectivity index (χ0v) is 11.5. The van der Waals surface area contributed by atoms with Crippen molar-refractivity contribution in [2.75, 3.05) is 0 Å². The Morgan fingerprint density at radius 2 is 1.47 bits per heavy atom. The molecule has 2 aromatic carbocycles. The zero-order chi connectivity index (χ0) is 13.5. The maximum atomic E-state index is 11.2. The molecule has 0 N–H and O–H groups in total. The number of hydrogen-bond donors (Lipinski definition) is 0. The Bertz CT molecular complexity index is 498. The zero-order valence-electron chi connectivity index (χ0n) is 10.5. The number of rotatable bonds is 5. The van der Waals surface area contributed by atoms with Gasteiger partial charge in [0.25, 0.3) is 0 Å². The van der Waals surface area contributed by atoms with Gasteiger partial charge in [-0.3, -0.25) is 0 Å². The van der Waals surface area contributed by atoms with E-state index in [-0.39, 0.29) is 21.3 Å². The molecule has 19 heavy (non-hydrogen) atoms. The summed E-state index contributed by atoms with van der Waals surface area (Å²) in [4.78, 5) is 11.2. The fourth-order valence-corrected chi connectivity index (χ4v) is 2.75. The van der Waals surface area contributed by atoms with Crippen LogP contribution in [0.5, 0.6) is 0 Å². The molecule has 0 saturated heterocycles. The van der Waals surface area contributed by atoms with E-state index < -0.39 is 0 Å². The predicted octanol–water partition coefficient (Wildman–Crippen LogP) is 3.12. The summed E-state index contributed by atoms with van der Waals surface area (Å²) in [5.41, 5.74) is 2.36. The Hall–Kier alpha value is -2.13. The largest absolute Gasteiger partial charge is 0.512 e. The average Bonchev–Trinajstić information content (AvgIpc) is 2.49. The summed E-state index contributed by atoms with van der Waals surface area (Å²) in [5, 5.41) is 0. The molecule has 0 amide bonds. The summed E-state index contributed by atoms with van der Waals surface area (Å²) >= 11 is 0. The highest BCUT2D eigenvalue weighted by Crippen LogP contribution is 2.23. The van der Waals surface area contributed by atoms with Crippen LogP contribution in [0.1, 0.15) is 16.7 Å². The van der Waals surface area contributed by atoms with Gasteiger partial charge in [0, 0.05) is 11.6 Å². The third-order valence-electron chi connectivity index (χ3n) is 2.71. The van der Waals surface area contributed by atoms with Crippen molar-refractivity contribution >= 4 is 15.7 Å². The predicted molar refractivity (Wildman–Crippen MR) is 76.8 cm³/mol. The van der Waals surface area contributed by atoms with Gasteiger partial charge in [0.2, 0.25) is 0 Å². The third-order valence-corrected chi connectivity index (χ3v) is 3.93. The third kappa shape index (κ3) is 3.66. The van der Waals surface area contributed by atoms with Gasteiger partial charge in [0.05, 0.1) is 0 Å². The molecule has 0 aliphatic heterocycles. The van der Waals surface area contributed by atoms with Crippen molar-refractivity contribution in [2.45, 2.75) is 5.54 Å². The minimum Gasteiger partial charge on any atom is -0.512 e. The van der Waals surface area contributed by atoms with Gasteiger partial charge in [-0.1, -0.05) is 67.2 Å². The van der Waals surface area contributed by atoms with Crippen LogP contribution in [0.25, 0.3) is 0 Å². The van der Waals surface area contributed by atoms with Gasteiger partial charge in [0.15, 0.2) is 0 Å². The molecule has 0 aliphatic rings. The van der Waals surface area contributed by atoms with Crippen LogP contribution in [0.3, 0.4) is 0 Å². The van der Waals surface area contributed by atoms with E-state index in [1.165, 1.54) is 6.08 Å². The van der Waals surface area contributed by atoms with Crippen molar-refractivity contribution in [3.63, 3.8) is 0 Å². The van der Waals surface area contributed by atoms with Crippen LogP contribution in [0.15, 0.2) is 73.3 Å². The molecule has 0 aliphatic carbocycles. The average molecular weight is 266 g/mol. The minimum atomic E-state index is -0.379. The fourth-order valence-electron chi connectivity index (χ4n) is 1.78. The topological polar surface area (TPSA) is 26.3 Å². The molecule has 0 heterocycles. The van der Waals surface area contributed by atoms with Crippen molar-refractivity contribution in [3.8, 4) is 0 Å². The number of hydrogen-bond acceptors (Lipinski definition) is 2. The molecule has 94 valence electrons. The Morgan fingerprint density at radius 3 is 1.89 bits per heavy atom. The molecular formula is C16H14O2Si. The van der Waals surface area contributed by atoms with Gasteiger partial charge in [-0.05, 0) is 11.1 Å². The van der Waals surface area contributed by atoms with Crippen molar-refractivity contribution in [1.82, 2.24) is 0 Å². The highest BCUT2D eigenvalue weighted by atomic mass is 28.2. The molecule has 0 aromatic heterocycles. The lowest BCUT2D eigenvalue weighted by atomic mass is 10.0. The van der Waals surface area contributed by atoms with Crippen LogP contribution in [0, 0.1) is 0 Å². The van der Waals surface area contributed by atoms with Crippen LogP contribution in [-0.2, 0) is 9.22 Å².